The molecule has 0 aliphatic heterocycles. The minimum atomic E-state index is -0.366. The van der Waals surface area contributed by atoms with Gasteiger partial charge in [-0.3, -0.25) is 4.79 Å². The number of aromatic hydroxyl groups is 1. The highest BCUT2D eigenvalue weighted by molar-refractivity contribution is 6.32. The molecule has 0 saturated carbocycles. The quantitative estimate of drug-likeness (QED) is 0.747. The highest BCUT2D eigenvalue weighted by Gasteiger charge is 2.10. The van der Waals surface area contributed by atoms with Crippen LogP contribution >= 0.6 is 11.6 Å². The Morgan fingerprint density at radius 3 is 2.71 bits per heavy atom. The molecule has 2 aromatic carbocycles. The number of para-hydroxylation sites is 1. The number of amides is 1. The molecule has 1 amide bonds. The summed E-state index contributed by atoms with van der Waals surface area (Å²) in [7, 11) is 0. The fraction of sp³-hybridized carbons (Fsp3) is 0.0625. The van der Waals surface area contributed by atoms with Crippen LogP contribution in [0.2, 0.25) is 5.02 Å². The van der Waals surface area contributed by atoms with Gasteiger partial charge in [0.05, 0.1) is 10.7 Å². The molecule has 0 aromatic heterocycles. The Hall–Kier alpha value is -2.48. The van der Waals surface area contributed by atoms with Gasteiger partial charge >= 0.3 is 0 Å². The Morgan fingerprint density at radius 1 is 1.24 bits per heavy atom. The van der Waals surface area contributed by atoms with E-state index >= 15 is 0 Å². The molecule has 0 saturated heterocycles. The number of aliphatic hydroxyl groups excluding tert-OH is 1. The lowest BCUT2D eigenvalue weighted by molar-refractivity contribution is 0.102. The van der Waals surface area contributed by atoms with Crippen molar-refractivity contribution in [1.82, 2.24) is 0 Å². The SMILES string of the molecule is O=C(Nc1ccccc1C#CCO)c1ccc(O)c(Cl)c1. The number of nitrogens with one attached hydrogen (secondary N) is 1. The van der Waals surface area contributed by atoms with Crippen molar-refractivity contribution in [2.75, 3.05) is 11.9 Å². The highest BCUT2D eigenvalue weighted by Crippen LogP contribution is 2.24. The maximum absolute atomic E-state index is 12.2. The molecule has 106 valence electrons. The van der Waals surface area contributed by atoms with Crippen LogP contribution in [-0.2, 0) is 0 Å². The van der Waals surface area contributed by atoms with Crippen LogP contribution in [0, 0.1) is 11.8 Å². The predicted octanol–water partition coefficient (Wildman–Crippen LogP) is 2.64. The van der Waals surface area contributed by atoms with E-state index in [1.165, 1.54) is 18.2 Å². The van der Waals surface area contributed by atoms with E-state index in [1.54, 1.807) is 24.3 Å². The number of carbonyl (C=O) groups is 1. The van der Waals surface area contributed by atoms with Gasteiger partial charge in [-0.25, -0.2) is 0 Å². The van der Waals surface area contributed by atoms with Gasteiger partial charge in [0, 0.05) is 11.1 Å². The molecule has 0 spiro atoms. The fourth-order valence-corrected chi connectivity index (χ4v) is 1.86. The van der Waals surface area contributed by atoms with E-state index in [1.807, 2.05) is 0 Å². The summed E-state index contributed by atoms with van der Waals surface area (Å²) in [6.07, 6.45) is 0. The average molecular weight is 302 g/mol. The third-order valence-corrected chi connectivity index (χ3v) is 2.99. The van der Waals surface area contributed by atoms with E-state index in [4.69, 9.17) is 16.7 Å². The first-order valence-electron chi connectivity index (χ1n) is 6.10. The van der Waals surface area contributed by atoms with Gasteiger partial charge < -0.3 is 15.5 Å². The molecule has 0 unspecified atom stereocenters. The number of hydrogen-bond donors (Lipinski definition) is 3. The van der Waals surface area contributed by atoms with Gasteiger partial charge in [-0.05, 0) is 30.3 Å². The summed E-state index contributed by atoms with van der Waals surface area (Å²) >= 11 is 5.78. The van der Waals surface area contributed by atoms with Crippen LogP contribution in [0.25, 0.3) is 0 Å². The molecule has 5 heteroatoms. The molecule has 3 N–H and O–H groups in total. The van der Waals surface area contributed by atoms with E-state index in [-0.39, 0.29) is 23.3 Å². The Morgan fingerprint density at radius 2 is 2.00 bits per heavy atom. The van der Waals surface area contributed by atoms with E-state index in [0.29, 0.717) is 16.8 Å². The summed E-state index contributed by atoms with van der Waals surface area (Å²) in [6.45, 7) is -0.254. The molecule has 0 heterocycles. The van der Waals surface area contributed by atoms with Gasteiger partial charge in [0.1, 0.15) is 12.4 Å². The van der Waals surface area contributed by atoms with Crippen LogP contribution in [0.4, 0.5) is 5.69 Å². The molecular weight excluding hydrogens is 290 g/mol. The van der Waals surface area contributed by atoms with E-state index < -0.39 is 0 Å². The first kappa shape index (κ1) is 14.9. The third-order valence-electron chi connectivity index (χ3n) is 2.69. The molecule has 0 radical (unpaired) electrons. The Balaban J connectivity index is 2.25. The summed E-state index contributed by atoms with van der Waals surface area (Å²) in [6, 6.07) is 11.2. The summed E-state index contributed by atoms with van der Waals surface area (Å²) in [5, 5.41) is 20.9. The lowest BCUT2D eigenvalue weighted by atomic mass is 10.1. The van der Waals surface area contributed by atoms with Gasteiger partial charge in [0.15, 0.2) is 0 Å². The normalized spacial score (nSPS) is 9.62. The molecule has 0 bridgehead atoms. The Labute approximate surface area is 127 Å². The highest BCUT2D eigenvalue weighted by atomic mass is 35.5. The van der Waals surface area contributed by atoms with Crippen LogP contribution < -0.4 is 5.32 Å². The van der Waals surface area contributed by atoms with Gasteiger partial charge in [0.2, 0.25) is 0 Å². The van der Waals surface area contributed by atoms with Crippen molar-refractivity contribution in [2.45, 2.75) is 0 Å². The smallest absolute Gasteiger partial charge is 0.255 e. The maximum atomic E-state index is 12.2. The second-order valence-electron chi connectivity index (χ2n) is 4.13. The molecule has 4 nitrogen and oxygen atoms in total. The maximum Gasteiger partial charge on any atom is 0.255 e. The topological polar surface area (TPSA) is 69.6 Å². The monoisotopic (exact) mass is 301 g/mol. The minimum absolute atomic E-state index is 0.0811. The summed E-state index contributed by atoms with van der Waals surface area (Å²) < 4.78 is 0. The van der Waals surface area contributed by atoms with Crippen LogP contribution in [-0.4, -0.2) is 22.7 Å². The summed E-state index contributed by atoms with van der Waals surface area (Å²) in [5.41, 5.74) is 1.46. The zero-order valence-electron chi connectivity index (χ0n) is 10.9. The van der Waals surface area contributed by atoms with E-state index in [9.17, 15) is 9.90 Å². The molecular formula is C16H12ClNO3. The van der Waals surface area contributed by atoms with Gasteiger partial charge in [-0.15, -0.1) is 0 Å². The molecule has 2 aromatic rings. The van der Waals surface area contributed by atoms with E-state index in [0.717, 1.165) is 0 Å². The summed E-state index contributed by atoms with van der Waals surface area (Å²) in [4.78, 5) is 12.2. The van der Waals surface area contributed by atoms with Crippen molar-refractivity contribution in [1.29, 1.82) is 0 Å². The summed E-state index contributed by atoms with van der Waals surface area (Å²) in [5.74, 6) is 4.85. The number of phenols is 1. The molecule has 0 aliphatic rings. The zero-order valence-corrected chi connectivity index (χ0v) is 11.7. The van der Waals surface area contributed by atoms with Crippen LogP contribution in [0.3, 0.4) is 0 Å². The number of benzene rings is 2. The second kappa shape index (κ2) is 6.80. The largest absolute Gasteiger partial charge is 0.506 e. The number of aliphatic hydroxyl groups is 1. The molecule has 0 atom stereocenters. The lowest BCUT2D eigenvalue weighted by Gasteiger charge is -2.08. The van der Waals surface area contributed by atoms with Gasteiger partial charge in [-0.1, -0.05) is 35.6 Å². The van der Waals surface area contributed by atoms with Gasteiger partial charge in [0.25, 0.3) is 5.91 Å². The number of anilines is 1. The number of rotatable bonds is 2. The minimum Gasteiger partial charge on any atom is -0.506 e. The molecule has 0 aliphatic carbocycles. The number of phenolic OH excluding ortho intramolecular Hbond substituents is 1. The van der Waals surface area contributed by atoms with Crippen molar-refractivity contribution < 1.29 is 15.0 Å². The first-order chi connectivity index (χ1) is 10.1. The molecule has 21 heavy (non-hydrogen) atoms. The van der Waals surface area contributed by atoms with E-state index in [2.05, 4.69) is 17.2 Å². The molecule has 2 rings (SSSR count). The number of hydrogen-bond acceptors (Lipinski definition) is 3. The second-order valence-corrected chi connectivity index (χ2v) is 4.53. The van der Waals surface area contributed by atoms with Gasteiger partial charge in [-0.2, -0.15) is 0 Å². The Bertz CT molecular complexity index is 732. The zero-order chi connectivity index (χ0) is 15.2. The first-order valence-corrected chi connectivity index (χ1v) is 6.48. The van der Waals surface area contributed by atoms with Crippen LogP contribution in [0.15, 0.2) is 42.5 Å². The van der Waals surface area contributed by atoms with Crippen LogP contribution in [0.1, 0.15) is 15.9 Å². The van der Waals surface area contributed by atoms with Crippen molar-refractivity contribution in [2.24, 2.45) is 0 Å². The third kappa shape index (κ3) is 3.76. The lowest BCUT2D eigenvalue weighted by Crippen LogP contribution is -2.12. The standard InChI is InChI=1S/C16H12ClNO3/c17-13-10-12(7-8-15(13)20)16(21)18-14-6-2-1-4-11(14)5-3-9-19/h1-2,4,6-8,10,19-20H,9H2,(H,18,21). The fourth-order valence-electron chi connectivity index (χ4n) is 1.68. The number of carbonyl (C=O) groups excluding carboxylic acids is 1. The van der Waals surface area contributed by atoms with Crippen LogP contribution in [0.5, 0.6) is 5.75 Å². The van der Waals surface area contributed by atoms with Crippen molar-refractivity contribution in [3.63, 3.8) is 0 Å². The Kier molecular flexibility index (Phi) is 4.83. The average Bonchev–Trinajstić information content (AvgIpc) is 2.49. The van der Waals surface area contributed by atoms with Crippen molar-refractivity contribution in [3.8, 4) is 17.6 Å². The van der Waals surface area contributed by atoms with Crippen molar-refractivity contribution in [3.05, 3.63) is 58.6 Å². The van der Waals surface area contributed by atoms with Crippen molar-refractivity contribution >= 4 is 23.2 Å². The number of halogens is 1. The molecule has 0 fully saturated rings. The predicted molar refractivity (Wildman–Crippen MR) is 81.5 cm³/mol.